The minimum Gasteiger partial charge on any atom is -0.497 e. The number of hydrogen-bond donors (Lipinski definition) is 0. The van der Waals surface area contributed by atoms with Gasteiger partial charge in [0.25, 0.3) is 0 Å². The maximum atomic E-state index is 5.17. The van der Waals surface area contributed by atoms with Crippen molar-refractivity contribution in [1.29, 1.82) is 0 Å². The van der Waals surface area contributed by atoms with Crippen molar-refractivity contribution in [2.75, 3.05) is 7.11 Å². The minimum absolute atomic E-state index is 0.812. The molecule has 0 aromatic heterocycles. The van der Waals surface area contributed by atoms with E-state index in [1.54, 1.807) is 7.11 Å². The van der Waals surface area contributed by atoms with Crippen LogP contribution in [-0.2, 0) is 12.8 Å². The minimum atomic E-state index is 0.812. The van der Waals surface area contributed by atoms with E-state index in [2.05, 4.69) is 25.1 Å². The molecule has 1 heteroatoms. The Kier molecular flexibility index (Phi) is 1.80. The smallest absolute Gasteiger partial charge is 0.119 e. The molecule has 1 nitrogen and oxygen atoms in total. The number of benzene rings is 1. The van der Waals surface area contributed by atoms with E-state index in [4.69, 9.17) is 4.74 Å². The summed E-state index contributed by atoms with van der Waals surface area (Å²) in [7, 11) is 1.72. The van der Waals surface area contributed by atoms with Gasteiger partial charge in [0, 0.05) is 0 Å². The van der Waals surface area contributed by atoms with Gasteiger partial charge in [-0.15, -0.1) is 0 Å². The molecule has 0 aliphatic heterocycles. The molecule has 0 N–H and O–H groups in total. The zero-order valence-electron chi connectivity index (χ0n) is 7.63. The van der Waals surface area contributed by atoms with Gasteiger partial charge in [0.15, 0.2) is 0 Å². The molecule has 1 aromatic carbocycles. The first-order chi connectivity index (χ1) is 5.79. The summed E-state index contributed by atoms with van der Waals surface area (Å²) in [5, 5.41) is 0. The topological polar surface area (TPSA) is 9.23 Å². The Hall–Kier alpha value is -0.980. The van der Waals surface area contributed by atoms with Crippen LogP contribution >= 0.6 is 0 Å². The first-order valence-corrected chi connectivity index (χ1v) is 4.45. The zero-order valence-corrected chi connectivity index (χ0v) is 7.63. The van der Waals surface area contributed by atoms with Crippen LogP contribution in [0.4, 0.5) is 0 Å². The summed E-state index contributed by atoms with van der Waals surface area (Å²) >= 11 is 0. The van der Waals surface area contributed by atoms with Gasteiger partial charge in [-0.2, -0.15) is 0 Å². The average Bonchev–Trinajstić information content (AvgIpc) is 2.43. The predicted octanol–water partition coefficient (Wildman–Crippen LogP) is 2.43. The standard InChI is InChI=1S/C11H14O/c1-8-5-9-3-4-11(12-2)7-10(9)6-8/h3-4,7-8H,5-6H2,1-2H3/t8-/m1/s1. The van der Waals surface area contributed by atoms with E-state index in [1.807, 2.05) is 0 Å². The van der Waals surface area contributed by atoms with Crippen LogP contribution in [-0.4, -0.2) is 7.11 Å². The summed E-state index contributed by atoms with van der Waals surface area (Å²) in [5.74, 6) is 1.80. The first-order valence-electron chi connectivity index (χ1n) is 4.45. The molecule has 0 fully saturated rings. The summed E-state index contributed by atoms with van der Waals surface area (Å²) in [6.45, 7) is 2.30. The van der Waals surface area contributed by atoms with Crippen molar-refractivity contribution in [3.05, 3.63) is 29.3 Å². The normalized spacial score (nSPS) is 20.7. The third-order valence-corrected chi connectivity index (χ3v) is 2.55. The summed E-state index contributed by atoms with van der Waals surface area (Å²) in [4.78, 5) is 0. The molecule has 2 rings (SSSR count). The lowest BCUT2D eigenvalue weighted by atomic mass is 10.1. The van der Waals surface area contributed by atoms with Crippen molar-refractivity contribution < 1.29 is 4.74 Å². The van der Waals surface area contributed by atoms with Gasteiger partial charge in [-0.3, -0.25) is 0 Å². The van der Waals surface area contributed by atoms with Gasteiger partial charge < -0.3 is 4.74 Å². The fraction of sp³-hybridized carbons (Fsp3) is 0.455. The van der Waals surface area contributed by atoms with Crippen LogP contribution in [0.3, 0.4) is 0 Å². The summed E-state index contributed by atoms with van der Waals surface area (Å²) < 4.78 is 5.17. The lowest BCUT2D eigenvalue weighted by Crippen LogP contribution is -1.89. The van der Waals surface area contributed by atoms with E-state index in [9.17, 15) is 0 Å². The van der Waals surface area contributed by atoms with Crippen molar-refractivity contribution in [3.63, 3.8) is 0 Å². The molecule has 12 heavy (non-hydrogen) atoms. The molecule has 1 atom stereocenters. The summed E-state index contributed by atoms with van der Waals surface area (Å²) in [6, 6.07) is 6.41. The van der Waals surface area contributed by atoms with Crippen molar-refractivity contribution in [3.8, 4) is 5.75 Å². The van der Waals surface area contributed by atoms with Crippen molar-refractivity contribution in [1.82, 2.24) is 0 Å². The quantitative estimate of drug-likeness (QED) is 0.616. The highest BCUT2D eigenvalue weighted by Gasteiger charge is 2.17. The highest BCUT2D eigenvalue weighted by atomic mass is 16.5. The molecule has 0 saturated carbocycles. The number of fused-ring (bicyclic) bond motifs is 1. The largest absolute Gasteiger partial charge is 0.497 e. The Balaban J connectivity index is 2.35. The number of ether oxygens (including phenoxy) is 1. The predicted molar refractivity (Wildman–Crippen MR) is 49.6 cm³/mol. The van der Waals surface area contributed by atoms with E-state index >= 15 is 0 Å². The van der Waals surface area contributed by atoms with Crippen LogP contribution in [0.2, 0.25) is 0 Å². The maximum absolute atomic E-state index is 5.17. The Morgan fingerprint density at radius 2 is 2.00 bits per heavy atom. The molecule has 1 aromatic rings. The van der Waals surface area contributed by atoms with E-state index in [-0.39, 0.29) is 0 Å². The van der Waals surface area contributed by atoms with E-state index in [0.717, 1.165) is 11.7 Å². The van der Waals surface area contributed by atoms with Crippen LogP contribution < -0.4 is 4.74 Å². The molecule has 0 bridgehead atoms. The second kappa shape index (κ2) is 2.81. The first kappa shape index (κ1) is 7.66. The third kappa shape index (κ3) is 1.20. The summed E-state index contributed by atoms with van der Waals surface area (Å²) in [5.41, 5.74) is 2.98. The molecule has 0 unspecified atom stereocenters. The highest BCUT2D eigenvalue weighted by molar-refractivity contribution is 5.38. The molecular formula is C11H14O. The lowest BCUT2D eigenvalue weighted by molar-refractivity contribution is 0.414. The Bertz CT molecular complexity index is 291. The van der Waals surface area contributed by atoms with Crippen LogP contribution in [0, 0.1) is 5.92 Å². The highest BCUT2D eigenvalue weighted by Crippen LogP contribution is 2.29. The van der Waals surface area contributed by atoms with Crippen LogP contribution in [0.15, 0.2) is 18.2 Å². The number of hydrogen-bond acceptors (Lipinski definition) is 1. The molecule has 0 spiro atoms. The van der Waals surface area contributed by atoms with Gasteiger partial charge >= 0.3 is 0 Å². The van der Waals surface area contributed by atoms with Gasteiger partial charge in [-0.05, 0) is 42.0 Å². The lowest BCUT2D eigenvalue weighted by Gasteiger charge is -2.02. The monoisotopic (exact) mass is 162 g/mol. The third-order valence-electron chi connectivity index (χ3n) is 2.55. The molecular weight excluding hydrogens is 148 g/mol. The number of rotatable bonds is 1. The van der Waals surface area contributed by atoms with Crippen LogP contribution in [0.1, 0.15) is 18.1 Å². The zero-order chi connectivity index (χ0) is 8.55. The number of methoxy groups -OCH3 is 1. The maximum Gasteiger partial charge on any atom is 0.119 e. The van der Waals surface area contributed by atoms with Gasteiger partial charge in [0.1, 0.15) is 5.75 Å². The Morgan fingerprint density at radius 3 is 2.75 bits per heavy atom. The Labute approximate surface area is 73.4 Å². The van der Waals surface area contributed by atoms with E-state index in [0.29, 0.717) is 0 Å². The van der Waals surface area contributed by atoms with Crippen molar-refractivity contribution in [2.24, 2.45) is 5.92 Å². The molecule has 1 aliphatic rings. The van der Waals surface area contributed by atoms with Crippen LogP contribution in [0.25, 0.3) is 0 Å². The fourth-order valence-electron chi connectivity index (χ4n) is 1.94. The average molecular weight is 162 g/mol. The van der Waals surface area contributed by atoms with Crippen molar-refractivity contribution in [2.45, 2.75) is 19.8 Å². The molecule has 64 valence electrons. The van der Waals surface area contributed by atoms with Gasteiger partial charge in [0.05, 0.1) is 7.11 Å². The fourth-order valence-corrected chi connectivity index (χ4v) is 1.94. The molecule has 0 saturated heterocycles. The molecule has 1 aliphatic carbocycles. The van der Waals surface area contributed by atoms with Crippen LogP contribution in [0.5, 0.6) is 5.75 Å². The van der Waals surface area contributed by atoms with Gasteiger partial charge in [-0.25, -0.2) is 0 Å². The molecule has 0 radical (unpaired) electrons. The SMILES string of the molecule is COc1ccc2c(c1)C[C@H](C)C2. The summed E-state index contributed by atoms with van der Waals surface area (Å²) in [6.07, 6.45) is 2.45. The Morgan fingerprint density at radius 1 is 1.25 bits per heavy atom. The molecule has 0 heterocycles. The molecule has 0 amide bonds. The van der Waals surface area contributed by atoms with Crippen molar-refractivity contribution >= 4 is 0 Å². The van der Waals surface area contributed by atoms with Gasteiger partial charge in [0.2, 0.25) is 0 Å². The van der Waals surface area contributed by atoms with Gasteiger partial charge in [-0.1, -0.05) is 13.0 Å². The van der Waals surface area contributed by atoms with E-state index < -0.39 is 0 Å². The second-order valence-corrected chi connectivity index (χ2v) is 3.65. The van der Waals surface area contributed by atoms with E-state index in [1.165, 1.54) is 24.0 Å². The second-order valence-electron chi connectivity index (χ2n) is 3.65.